The quantitative estimate of drug-likeness (QED) is 0.894. The topological polar surface area (TPSA) is 66.8 Å². The second-order valence-electron chi connectivity index (χ2n) is 4.62. The molecule has 1 amide bonds. The zero-order valence-corrected chi connectivity index (χ0v) is 10.9. The van der Waals surface area contributed by atoms with Crippen LogP contribution in [0.4, 0.5) is 10.1 Å². The average Bonchev–Trinajstić information content (AvgIpc) is 2.92. The molecule has 5 nitrogen and oxygen atoms in total. The van der Waals surface area contributed by atoms with E-state index >= 15 is 0 Å². The molecule has 1 N–H and O–H groups in total. The lowest BCUT2D eigenvalue weighted by molar-refractivity contribution is -0.136. The zero-order chi connectivity index (χ0) is 14.5. The molecule has 0 aromatic heterocycles. The molecular weight excluding hydrogens is 265 g/mol. The molecule has 1 heterocycles. The maximum absolute atomic E-state index is 13.3. The molecule has 0 saturated carbocycles. The van der Waals surface area contributed by atoms with Crippen LogP contribution in [0.15, 0.2) is 24.3 Å². The highest BCUT2D eigenvalue weighted by molar-refractivity contribution is 5.97. The third-order valence-electron chi connectivity index (χ3n) is 3.14. The number of carboxylic acid groups (broad SMARTS) is 1. The fourth-order valence-electron chi connectivity index (χ4n) is 2.16. The van der Waals surface area contributed by atoms with Crippen molar-refractivity contribution in [1.82, 2.24) is 0 Å². The van der Waals surface area contributed by atoms with Gasteiger partial charge in [0.05, 0.1) is 6.42 Å². The van der Waals surface area contributed by atoms with Crippen LogP contribution in [0.25, 0.3) is 0 Å². The van der Waals surface area contributed by atoms with Crippen LogP contribution in [-0.4, -0.2) is 36.2 Å². The van der Waals surface area contributed by atoms with Crippen molar-refractivity contribution in [2.75, 3.05) is 18.1 Å². The van der Waals surface area contributed by atoms with Gasteiger partial charge in [-0.25, -0.2) is 4.39 Å². The van der Waals surface area contributed by atoms with Gasteiger partial charge in [0.15, 0.2) is 0 Å². The molecule has 0 aliphatic carbocycles. The highest BCUT2D eigenvalue weighted by atomic mass is 19.1. The number of carbonyl (C=O) groups excluding carboxylic acids is 1. The lowest BCUT2D eigenvalue weighted by atomic mass is 10.2. The van der Waals surface area contributed by atoms with Crippen molar-refractivity contribution < 1.29 is 23.8 Å². The Morgan fingerprint density at radius 3 is 2.85 bits per heavy atom. The number of aliphatic carboxylic acids is 1. The second-order valence-corrected chi connectivity index (χ2v) is 4.62. The third-order valence-corrected chi connectivity index (χ3v) is 3.14. The van der Waals surface area contributed by atoms with E-state index in [9.17, 15) is 14.0 Å². The first-order valence-corrected chi connectivity index (χ1v) is 6.48. The summed E-state index contributed by atoms with van der Waals surface area (Å²) in [6, 6.07) is 5.56. The summed E-state index contributed by atoms with van der Waals surface area (Å²) < 4.78 is 18.6. The first kappa shape index (κ1) is 14.5. The summed E-state index contributed by atoms with van der Waals surface area (Å²) in [4.78, 5) is 24.3. The standard InChI is InChI=1S/C14H16FNO4/c15-10-3-1-4-11(9-10)16(7-6-13(17)18)14(19)12-5-2-8-20-12/h1,3-4,9,12H,2,5-8H2,(H,17,18). The summed E-state index contributed by atoms with van der Waals surface area (Å²) in [6.07, 6.45) is 0.644. The molecule has 0 bridgehead atoms. The number of hydrogen-bond donors (Lipinski definition) is 1. The Morgan fingerprint density at radius 1 is 1.45 bits per heavy atom. The molecule has 1 aliphatic heterocycles. The van der Waals surface area contributed by atoms with Gasteiger partial charge in [-0.05, 0) is 31.0 Å². The van der Waals surface area contributed by atoms with Crippen molar-refractivity contribution in [3.8, 4) is 0 Å². The normalized spacial score (nSPS) is 17.9. The van der Waals surface area contributed by atoms with Crippen LogP contribution in [0.2, 0.25) is 0 Å². The molecular formula is C14H16FNO4. The number of ether oxygens (including phenoxy) is 1. The fourth-order valence-corrected chi connectivity index (χ4v) is 2.16. The zero-order valence-electron chi connectivity index (χ0n) is 10.9. The van der Waals surface area contributed by atoms with E-state index in [-0.39, 0.29) is 18.9 Å². The van der Waals surface area contributed by atoms with Crippen molar-refractivity contribution >= 4 is 17.6 Å². The number of halogens is 1. The first-order valence-electron chi connectivity index (χ1n) is 6.48. The van der Waals surface area contributed by atoms with Crippen LogP contribution in [0, 0.1) is 5.82 Å². The largest absolute Gasteiger partial charge is 0.481 e. The Morgan fingerprint density at radius 2 is 2.25 bits per heavy atom. The van der Waals surface area contributed by atoms with Gasteiger partial charge in [0, 0.05) is 18.8 Å². The number of carboxylic acids is 1. The van der Waals surface area contributed by atoms with Crippen LogP contribution in [0.3, 0.4) is 0 Å². The molecule has 6 heteroatoms. The van der Waals surface area contributed by atoms with Crippen molar-refractivity contribution in [3.63, 3.8) is 0 Å². The van der Waals surface area contributed by atoms with E-state index in [4.69, 9.17) is 9.84 Å². The minimum Gasteiger partial charge on any atom is -0.481 e. The monoisotopic (exact) mass is 281 g/mol. The molecule has 2 rings (SSSR count). The van der Waals surface area contributed by atoms with Crippen LogP contribution in [-0.2, 0) is 14.3 Å². The number of hydrogen-bond acceptors (Lipinski definition) is 3. The molecule has 0 radical (unpaired) electrons. The maximum Gasteiger partial charge on any atom is 0.305 e. The number of nitrogens with zero attached hydrogens (tertiary/aromatic N) is 1. The number of rotatable bonds is 5. The number of benzene rings is 1. The third kappa shape index (κ3) is 3.54. The minimum atomic E-state index is -1.01. The smallest absolute Gasteiger partial charge is 0.305 e. The predicted molar refractivity (Wildman–Crippen MR) is 70.0 cm³/mol. The number of amides is 1. The molecule has 108 valence electrons. The van der Waals surface area contributed by atoms with Crippen molar-refractivity contribution in [2.45, 2.75) is 25.4 Å². The lowest BCUT2D eigenvalue weighted by Crippen LogP contribution is -2.40. The van der Waals surface area contributed by atoms with Gasteiger partial charge in [0.25, 0.3) is 5.91 Å². The van der Waals surface area contributed by atoms with Gasteiger partial charge >= 0.3 is 5.97 Å². The second kappa shape index (κ2) is 6.47. The molecule has 1 unspecified atom stereocenters. The van der Waals surface area contributed by atoms with Gasteiger partial charge in [-0.3, -0.25) is 9.59 Å². The van der Waals surface area contributed by atoms with E-state index < -0.39 is 17.9 Å². The van der Waals surface area contributed by atoms with Crippen molar-refractivity contribution in [1.29, 1.82) is 0 Å². The average molecular weight is 281 g/mol. The highest BCUT2D eigenvalue weighted by Gasteiger charge is 2.29. The van der Waals surface area contributed by atoms with Crippen molar-refractivity contribution in [2.24, 2.45) is 0 Å². The lowest BCUT2D eigenvalue weighted by Gasteiger charge is -2.24. The Balaban J connectivity index is 2.19. The Labute approximate surface area is 116 Å². The Kier molecular flexibility index (Phi) is 4.68. The van der Waals surface area contributed by atoms with Crippen LogP contribution >= 0.6 is 0 Å². The molecule has 1 aromatic carbocycles. The first-order chi connectivity index (χ1) is 9.58. The molecule has 20 heavy (non-hydrogen) atoms. The summed E-state index contributed by atoms with van der Waals surface area (Å²) >= 11 is 0. The van der Waals surface area contributed by atoms with Crippen LogP contribution in [0.1, 0.15) is 19.3 Å². The Bertz CT molecular complexity index is 500. The number of carbonyl (C=O) groups is 2. The molecule has 1 aliphatic rings. The molecule has 1 saturated heterocycles. The summed E-state index contributed by atoms with van der Waals surface area (Å²) in [7, 11) is 0. The summed E-state index contributed by atoms with van der Waals surface area (Å²) in [6.45, 7) is 0.518. The van der Waals surface area contributed by atoms with E-state index in [1.807, 2.05) is 0 Å². The van der Waals surface area contributed by atoms with E-state index in [1.54, 1.807) is 6.07 Å². The van der Waals surface area contributed by atoms with Crippen LogP contribution in [0.5, 0.6) is 0 Å². The van der Waals surface area contributed by atoms with Gasteiger partial charge in [-0.2, -0.15) is 0 Å². The molecule has 1 atom stereocenters. The van der Waals surface area contributed by atoms with E-state index in [1.165, 1.54) is 23.1 Å². The van der Waals surface area contributed by atoms with Gasteiger partial charge in [0.1, 0.15) is 11.9 Å². The van der Waals surface area contributed by atoms with E-state index in [2.05, 4.69) is 0 Å². The van der Waals surface area contributed by atoms with Gasteiger partial charge in [-0.15, -0.1) is 0 Å². The summed E-state index contributed by atoms with van der Waals surface area (Å²) in [5, 5.41) is 8.77. The van der Waals surface area contributed by atoms with E-state index in [0.717, 1.165) is 6.42 Å². The van der Waals surface area contributed by atoms with Crippen LogP contribution < -0.4 is 4.90 Å². The minimum absolute atomic E-state index is 0.00250. The molecule has 1 aromatic rings. The predicted octanol–water partition coefficient (Wildman–Crippen LogP) is 1.81. The van der Waals surface area contributed by atoms with Gasteiger partial charge < -0.3 is 14.7 Å². The highest BCUT2D eigenvalue weighted by Crippen LogP contribution is 2.21. The fraction of sp³-hybridized carbons (Fsp3) is 0.429. The van der Waals surface area contributed by atoms with Crippen molar-refractivity contribution in [3.05, 3.63) is 30.1 Å². The van der Waals surface area contributed by atoms with Gasteiger partial charge in [-0.1, -0.05) is 6.07 Å². The molecule has 1 fully saturated rings. The number of anilines is 1. The SMILES string of the molecule is O=C(O)CCN(C(=O)C1CCCO1)c1cccc(F)c1. The maximum atomic E-state index is 13.3. The summed E-state index contributed by atoms with van der Waals surface area (Å²) in [5.74, 6) is -1.79. The summed E-state index contributed by atoms with van der Waals surface area (Å²) in [5.41, 5.74) is 0.353. The molecule has 0 spiro atoms. The Hall–Kier alpha value is -1.95. The van der Waals surface area contributed by atoms with Gasteiger partial charge in [0.2, 0.25) is 0 Å². The van der Waals surface area contributed by atoms with E-state index in [0.29, 0.717) is 18.7 Å².